The smallest absolute Gasteiger partial charge is 0.335 e. The second-order valence-corrected chi connectivity index (χ2v) is 6.79. The number of amides is 1. The Kier molecular flexibility index (Phi) is 6.45. The van der Waals surface area contributed by atoms with Gasteiger partial charge in [0.15, 0.2) is 5.13 Å². The molecule has 0 radical (unpaired) electrons. The van der Waals surface area contributed by atoms with Crippen molar-refractivity contribution >= 4 is 28.3 Å². The summed E-state index contributed by atoms with van der Waals surface area (Å²) in [5.74, 6) is -0.750. The molecule has 1 unspecified atom stereocenters. The van der Waals surface area contributed by atoms with Crippen molar-refractivity contribution in [2.24, 2.45) is 5.92 Å². The van der Waals surface area contributed by atoms with E-state index in [0.717, 1.165) is 5.56 Å². The van der Waals surface area contributed by atoms with Crippen molar-refractivity contribution in [3.8, 4) is 0 Å². The Balaban J connectivity index is 2.01. The van der Waals surface area contributed by atoms with Gasteiger partial charge in [-0.05, 0) is 30.0 Å². The molecule has 0 saturated heterocycles. The van der Waals surface area contributed by atoms with Crippen LogP contribution in [0.1, 0.15) is 36.2 Å². The molecule has 1 amide bonds. The Morgan fingerprint density at radius 3 is 2.75 bits per heavy atom. The molecule has 2 aromatic rings. The number of carbonyl (C=O) groups excluding carboxylic acids is 1. The minimum absolute atomic E-state index is 0.131. The van der Waals surface area contributed by atoms with Gasteiger partial charge in [-0.3, -0.25) is 4.79 Å². The number of hydrogen-bond acceptors (Lipinski definition) is 5. The molecule has 7 heteroatoms. The van der Waals surface area contributed by atoms with Crippen LogP contribution in [0.2, 0.25) is 0 Å². The second kappa shape index (κ2) is 8.56. The number of aromatic nitrogens is 1. The number of hydrogen-bond donors (Lipinski definition) is 3. The Hall–Kier alpha value is -2.25. The van der Waals surface area contributed by atoms with E-state index in [1.807, 2.05) is 6.07 Å². The molecule has 1 aromatic heterocycles. The third-order valence-electron chi connectivity index (χ3n) is 3.41. The number of rotatable bonds is 8. The van der Waals surface area contributed by atoms with Crippen LogP contribution in [0.3, 0.4) is 0 Å². The van der Waals surface area contributed by atoms with Gasteiger partial charge in [0.1, 0.15) is 0 Å². The number of anilines is 1. The molecular weight excluding hydrogens is 326 g/mol. The molecule has 24 heavy (non-hydrogen) atoms. The van der Waals surface area contributed by atoms with Crippen molar-refractivity contribution < 1.29 is 14.7 Å². The Morgan fingerprint density at radius 2 is 2.12 bits per heavy atom. The van der Waals surface area contributed by atoms with Crippen LogP contribution in [0, 0.1) is 5.92 Å². The van der Waals surface area contributed by atoms with Gasteiger partial charge < -0.3 is 15.7 Å². The van der Waals surface area contributed by atoms with E-state index < -0.39 is 5.97 Å². The van der Waals surface area contributed by atoms with E-state index >= 15 is 0 Å². The second-order valence-electron chi connectivity index (χ2n) is 5.90. The number of carbonyl (C=O) groups is 2. The molecule has 0 saturated carbocycles. The predicted octanol–water partition coefficient (Wildman–Crippen LogP) is 2.98. The first kappa shape index (κ1) is 18.1. The molecule has 0 bridgehead atoms. The van der Waals surface area contributed by atoms with Crippen molar-refractivity contribution in [3.05, 3.63) is 47.0 Å². The first-order valence-corrected chi connectivity index (χ1v) is 8.59. The number of carboxylic acid groups (broad SMARTS) is 1. The van der Waals surface area contributed by atoms with Gasteiger partial charge in [0, 0.05) is 18.1 Å². The summed E-state index contributed by atoms with van der Waals surface area (Å²) < 4.78 is 0. The number of carboxylic acids is 1. The number of benzene rings is 1. The van der Waals surface area contributed by atoms with E-state index in [-0.39, 0.29) is 17.5 Å². The maximum absolute atomic E-state index is 12.4. The maximum atomic E-state index is 12.4. The third kappa shape index (κ3) is 5.43. The molecule has 0 aliphatic heterocycles. The largest absolute Gasteiger partial charge is 0.478 e. The molecule has 1 heterocycles. The molecule has 1 atom stereocenters. The third-order valence-corrected chi connectivity index (χ3v) is 4.10. The van der Waals surface area contributed by atoms with Gasteiger partial charge in [-0.25, -0.2) is 9.78 Å². The summed E-state index contributed by atoms with van der Waals surface area (Å²) in [5.41, 5.74) is 1.06. The highest BCUT2D eigenvalue weighted by molar-refractivity contribution is 7.13. The average Bonchev–Trinajstić information content (AvgIpc) is 3.04. The molecule has 0 aliphatic rings. The van der Waals surface area contributed by atoms with Crippen molar-refractivity contribution in [1.29, 1.82) is 0 Å². The summed E-state index contributed by atoms with van der Waals surface area (Å²) in [4.78, 5) is 27.5. The fourth-order valence-electron chi connectivity index (χ4n) is 2.29. The van der Waals surface area contributed by atoms with Crippen LogP contribution >= 0.6 is 11.3 Å². The fraction of sp³-hybridized carbons (Fsp3) is 0.353. The van der Waals surface area contributed by atoms with E-state index in [1.54, 1.807) is 29.8 Å². The summed E-state index contributed by atoms with van der Waals surface area (Å²) in [6.07, 6.45) is 2.32. The van der Waals surface area contributed by atoms with E-state index in [2.05, 4.69) is 29.5 Å². The summed E-state index contributed by atoms with van der Waals surface area (Å²) in [6.45, 7) is 4.52. The Bertz CT molecular complexity index is 686. The minimum Gasteiger partial charge on any atom is -0.478 e. The molecule has 0 fully saturated rings. The maximum Gasteiger partial charge on any atom is 0.335 e. The van der Waals surface area contributed by atoms with Gasteiger partial charge >= 0.3 is 5.97 Å². The average molecular weight is 347 g/mol. The van der Waals surface area contributed by atoms with Crippen LogP contribution < -0.4 is 10.6 Å². The lowest BCUT2D eigenvalue weighted by molar-refractivity contribution is -0.118. The number of nitrogens with zero attached hydrogens (tertiary/aromatic N) is 1. The summed E-state index contributed by atoms with van der Waals surface area (Å²) in [5, 5.41) is 17.4. The Morgan fingerprint density at radius 1 is 1.33 bits per heavy atom. The standard InChI is InChI=1S/C17H21N3O3S/c1-11(2)8-14(15(21)20-17-18-6-7-24-17)19-10-12-4-3-5-13(9-12)16(22)23/h3-7,9,11,14,19H,8,10H2,1-2H3,(H,22,23)(H,18,20,21). The molecule has 3 N–H and O–H groups in total. The van der Waals surface area contributed by atoms with Gasteiger partial charge in [-0.2, -0.15) is 0 Å². The van der Waals surface area contributed by atoms with Gasteiger partial charge in [0.2, 0.25) is 5.91 Å². The molecule has 1 aromatic carbocycles. The summed E-state index contributed by atoms with van der Waals surface area (Å²) >= 11 is 1.37. The molecule has 0 spiro atoms. The number of nitrogens with one attached hydrogen (secondary N) is 2. The molecule has 128 valence electrons. The first-order chi connectivity index (χ1) is 11.5. The molecule has 2 rings (SSSR count). The Labute approximate surface area is 144 Å². The van der Waals surface area contributed by atoms with E-state index in [0.29, 0.717) is 24.0 Å². The fourth-order valence-corrected chi connectivity index (χ4v) is 2.82. The lowest BCUT2D eigenvalue weighted by Gasteiger charge is -2.19. The van der Waals surface area contributed by atoms with Crippen molar-refractivity contribution in [3.63, 3.8) is 0 Å². The lowest BCUT2D eigenvalue weighted by Crippen LogP contribution is -2.41. The number of aromatic carboxylic acids is 1. The molecule has 0 aliphatic carbocycles. The van der Waals surface area contributed by atoms with Crippen LogP contribution in [0.4, 0.5) is 5.13 Å². The van der Waals surface area contributed by atoms with Crippen LogP contribution in [-0.4, -0.2) is 28.0 Å². The summed E-state index contributed by atoms with van der Waals surface area (Å²) in [7, 11) is 0. The van der Waals surface area contributed by atoms with Crippen molar-refractivity contribution in [2.45, 2.75) is 32.9 Å². The van der Waals surface area contributed by atoms with E-state index in [9.17, 15) is 9.59 Å². The molecule has 6 nitrogen and oxygen atoms in total. The first-order valence-electron chi connectivity index (χ1n) is 7.71. The van der Waals surface area contributed by atoms with Crippen LogP contribution in [0.5, 0.6) is 0 Å². The van der Waals surface area contributed by atoms with Crippen LogP contribution in [0.25, 0.3) is 0 Å². The monoisotopic (exact) mass is 347 g/mol. The van der Waals surface area contributed by atoms with Crippen LogP contribution in [0.15, 0.2) is 35.8 Å². The highest BCUT2D eigenvalue weighted by atomic mass is 32.1. The molecular formula is C17H21N3O3S. The van der Waals surface area contributed by atoms with E-state index in [4.69, 9.17) is 5.11 Å². The lowest BCUT2D eigenvalue weighted by atomic mass is 10.0. The number of thiazole rings is 1. The zero-order chi connectivity index (χ0) is 17.5. The summed E-state index contributed by atoms with van der Waals surface area (Å²) in [6, 6.07) is 6.33. The SMILES string of the molecule is CC(C)CC(NCc1cccc(C(=O)O)c1)C(=O)Nc1nccs1. The van der Waals surface area contributed by atoms with E-state index in [1.165, 1.54) is 11.3 Å². The zero-order valence-corrected chi connectivity index (χ0v) is 14.5. The van der Waals surface area contributed by atoms with Gasteiger partial charge in [-0.1, -0.05) is 26.0 Å². The van der Waals surface area contributed by atoms with Crippen molar-refractivity contribution in [2.75, 3.05) is 5.32 Å². The normalized spacial score (nSPS) is 12.1. The minimum atomic E-state index is -0.961. The van der Waals surface area contributed by atoms with Gasteiger partial charge in [0.05, 0.1) is 11.6 Å². The highest BCUT2D eigenvalue weighted by Crippen LogP contribution is 2.14. The van der Waals surface area contributed by atoms with Crippen molar-refractivity contribution in [1.82, 2.24) is 10.3 Å². The quantitative estimate of drug-likeness (QED) is 0.683. The zero-order valence-electron chi connectivity index (χ0n) is 13.7. The predicted molar refractivity (Wildman–Crippen MR) is 94.2 cm³/mol. The van der Waals surface area contributed by atoms with Gasteiger partial charge in [-0.15, -0.1) is 11.3 Å². The van der Waals surface area contributed by atoms with Crippen LogP contribution in [-0.2, 0) is 11.3 Å². The van der Waals surface area contributed by atoms with Gasteiger partial charge in [0.25, 0.3) is 0 Å². The highest BCUT2D eigenvalue weighted by Gasteiger charge is 2.20. The topological polar surface area (TPSA) is 91.3 Å².